The predicted octanol–water partition coefficient (Wildman–Crippen LogP) is 6.03. The number of hydrogen-bond acceptors (Lipinski definition) is 5. The fourth-order valence-corrected chi connectivity index (χ4v) is 4.08. The van der Waals surface area contributed by atoms with Crippen LogP contribution >= 0.6 is 11.6 Å². The molecule has 1 aliphatic heterocycles. The molecule has 0 radical (unpaired) electrons. The van der Waals surface area contributed by atoms with Gasteiger partial charge in [0.15, 0.2) is 5.82 Å². The largest absolute Gasteiger partial charge is 0.460 e. The highest BCUT2D eigenvalue weighted by Crippen LogP contribution is 2.36. The lowest BCUT2D eigenvalue weighted by Crippen LogP contribution is -2.30. The summed E-state index contributed by atoms with van der Waals surface area (Å²) in [6.07, 6.45) is 1.59. The number of aromatic nitrogens is 3. The molecule has 1 aromatic carbocycles. The van der Waals surface area contributed by atoms with Crippen molar-refractivity contribution in [1.29, 1.82) is 0 Å². The molecule has 33 heavy (non-hydrogen) atoms. The van der Waals surface area contributed by atoms with Gasteiger partial charge in [-0.05, 0) is 42.5 Å². The first kappa shape index (κ1) is 21.6. The molecular formula is C24H18ClF3N4O. The number of halogens is 4. The normalized spacial score (nSPS) is 14.3. The molecule has 0 aliphatic carbocycles. The monoisotopic (exact) mass is 470 g/mol. The highest BCUT2D eigenvalue weighted by molar-refractivity contribution is 6.33. The summed E-state index contributed by atoms with van der Waals surface area (Å²) >= 11 is 6.14. The Morgan fingerprint density at radius 1 is 1.06 bits per heavy atom. The number of rotatable bonds is 4. The Morgan fingerprint density at radius 3 is 2.67 bits per heavy atom. The van der Waals surface area contributed by atoms with Crippen LogP contribution in [0.1, 0.15) is 22.6 Å². The first-order chi connectivity index (χ1) is 15.9. The van der Waals surface area contributed by atoms with E-state index in [1.165, 1.54) is 6.07 Å². The molecule has 0 saturated carbocycles. The van der Waals surface area contributed by atoms with Gasteiger partial charge in [0, 0.05) is 54.8 Å². The molecule has 0 amide bonds. The number of alkyl halides is 3. The summed E-state index contributed by atoms with van der Waals surface area (Å²) in [5, 5.41) is 0.206. The van der Waals surface area contributed by atoms with E-state index in [1.54, 1.807) is 24.5 Å². The minimum absolute atomic E-state index is 0.206. The van der Waals surface area contributed by atoms with Crippen LogP contribution in [0.15, 0.2) is 65.5 Å². The molecule has 3 aromatic heterocycles. The fourth-order valence-electron chi connectivity index (χ4n) is 3.87. The second-order valence-electron chi connectivity index (χ2n) is 7.82. The van der Waals surface area contributed by atoms with Gasteiger partial charge in [-0.2, -0.15) is 13.2 Å². The van der Waals surface area contributed by atoms with Crippen molar-refractivity contribution < 1.29 is 17.6 Å². The highest BCUT2D eigenvalue weighted by Gasteiger charge is 2.31. The lowest BCUT2D eigenvalue weighted by atomic mass is 10.1. The van der Waals surface area contributed by atoms with E-state index in [2.05, 4.69) is 14.9 Å². The number of fused-ring (bicyclic) bond motifs is 1. The summed E-state index contributed by atoms with van der Waals surface area (Å²) in [6.45, 7) is 1.95. The molecule has 0 spiro atoms. The Bertz CT molecular complexity index is 1290. The molecule has 1 aliphatic rings. The Hall–Kier alpha value is -3.23. The van der Waals surface area contributed by atoms with Crippen LogP contribution in [0.5, 0.6) is 0 Å². The van der Waals surface area contributed by atoms with Gasteiger partial charge in [0.05, 0.1) is 22.8 Å². The zero-order valence-electron chi connectivity index (χ0n) is 17.3. The van der Waals surface area contributed by atoms with E-state index in [0.29, 0.717) is 30.4 Å². The standard InChI is InChI=1S/C24H18ClF3N4O/c25-20-3-1-17(24(26,27)28)11-19(20)22-4-2-18(33-22)14-32-10-7-21-16(13-32)12-30-23(31-21)15-5-8-29-9-6-15/h1-6,8-9,11-12H,7,10,13-14H2. The van der Waals surface area contributed by atoms with Crippen molar-refractivity contribution in [2.24, 2.45) is 0 Å². The molecule has 4 heterocycles. The predicted molar refractivity (Wildman–Crippen MR) is 117 cm³/mol. The van der Waals surface area contributed by atoms with E-state index < -0.39 is 11.7 Å². The Kier molecular flexibility index (Phi) is 5.64. The van der Waals surface area contributed by atoms with Gasteiger partial charge in [0.25, 0.3) is 0 Å². The first-order valence-electron chi connectivity index (χ1n) is 10.3. The van der Waals surface area contributed by atoms with Gasteiger partial charge in [-0.1, -0.05) is 11.6 Å². The van der Waals surface area contributed by atoms with Crippen molar-refractivity contribution in [3.05, 3.63) is 88.7 Å². The van der Waals surface area contributed by atoms with E-state index in [-0.39, 0.29) is 10.6 Å². The Morgan fingerprint density at radius 2 is 1.88 bits per heavy atom. The summed E-state index contributed by atoms with van der Waals surface area (Å²) in [5.74, 6) is 1.64. The van der Waals surface area contributed by atoms with Crippen LogP contribution < -0.4 is 0 Å². The molecule has 0 saturated heterocycles. The summed E-state index contributed by atoms with van der Waals surface area (Å²) in [6, 6.07) is 10.4. The molecule has 0 fully saturated rings. The van der Waals surface area contributed by atoms with Gasteiger partial charge < -0.3 is 4.42 Å². The molecule has 9 heteroatoms. The SMILES string of the molecule is FC(F)(F)c1ccc(Cl)c(-c2ccc(CN3CCc4nc(-c5ccncc5)ncc4C3)o2)c1. The van der Waals surface area contributed by atoms with E-state index in [0.717, 1.165) is 41.9 Å². The van der Waals surface area contributed by atoms with Gasteiger partial charge in [-0.25, -0.2) is 9.97 Å². The highest BCUT2D eigenvalue weighted by atomic mass is 35.5. The number of nitrogens with zero attached hydrogens (tertiary/aromatic N) is 4. The van der Waals surface area contributed by atoms with E-state index in [1.807, 2.05) is 18.3 Å². The van der Waals surface area contributed by atoms with E-state index >= 15 is 0 Å². The van der Waals surface area contributed by atoms with Crippen molar-refractivity contribution in [3.8, 4) is 22.7 Å². The van der Waals surface area contributed by atoms with Crippen LogP contribution in [0.2, 0.25) is 5.02 Å². The van der Waals surface area contributed by atoms with Gasteiger partial charge >= 0.3 is 6.18 Å². The van der Waals surface area contributed by atoms with Crippen LogP contribution in [0, 0.1) is 0 Å². The second-order valence-corrected chi connectivity index (χ2v) is 8.23. The molecule has 168 valence electrons. The van der Waals surface area contributed by atoms with Crippen LogP contribution in [0.3, 0.4) is 0 Å². The molecular weight excluding hydrogens is 453 g/mol. The third kappa shape index (κ3) is 4.62. The van der Waals surface area contributed by atoms with Gasteiger partial charge in [0.1, 0.15) is 11.5 Å². The molecule has 0 atom stereocenters. The maximum Gasteiger partial charge on any atom is 0.416 e. The first-order valence-corrected chi connectivity index (χ1v) is 10.7. The molecule has 0 N–H and O–H groups in total. The quantitative estimate of drug-likeness (QED) is 0.364. The average molecular weight is 471 g/mol. The fraction of sp³-hybridized carbons (Fsp3) is 0.208. The summed E-state index contributed by atoms with van der Waals surface area (Å²) < 4.78 is 45.1. The topological polar surface area (TPSA) is 55.1 Å². The minimum atomic E-state index is -4.45. The zero-order chi connectivity index (χ0) is 23.0. The Balaban J connectivity index is 1.31. The van der Waals surface area contributed by atoms with Crippen molar-refractivity contribution in [3.63, 3.8) is 0 Å². The number of benzene rings is 1. The number of hydrogen-bond donors (Lipinski definition) is 0. The molecule has 0 bridgehead atoms. The van der Waals surface area contributed by atoms with Crippen LogP contribution in [0.4, 0.5) is 13.2 Å². The molecule has 5 rings (SSSR count). The smallest absolute Gasteiger partial charge is 0.416 e. The van der Waals surface area contributed by atoms with Crippen LogP contribution in [-0.2, 0) is 25.7 Å². The van der Waals surface area contributed by atoms with Crippen molar-refractivity contribution in [1.82, 2.24) is 19.9 Å². The maximum atomic E-state index is 13.1. The van der Waals surface area contributed by atoms with Crippen molar-refractivity contribution in [2.45, 2.75) is 25.7 Å². The Labute approximate surface area is 192 Å². The minimum Gasteiger partial charge on any atom is -0.460 e. The number of furan rings is 1. The van der Waals surface area contributed by atoms with Crippen LogP contribution in [0.25, 0.3) is 22.7 Å². The lowest BCUT2D eigenvalue weighted by Gasteiger charge is -2.27. The third-order valence-corrected chi connectivity index (χ3v) is 5.88. The third-order valence-electron chi connectivity index (χ3n) is 5.55. The maximum absolute atomic E-state index is 13.1. The van der Waals surface area contributed by atoms with Gasteiger partial charge in [-0.3, -0.25) is 9.88 Å². The zero-order valence-corrected chi connectivity index (χ0v) is 18.1. The van der Waals surface area contributed by atoms with Crippen molar-refractivity contribution in [2.75, 3.05) is 6.54 Å². The molecule has 4 aromatic rings. The van der Waals surface area contributed by atoms with Gasteiger partial charge in [-0.15, -0.1) is 0 Å². The van der Waals surface area contributed by atoms with Gasteiger partial charge in [0.2, 0.25) is 0 Å². The van der Waals surface area contributed by atoms with E-state index in [4.69, 9.17) is 21.0 Å². The lowest BCUT2D eigenvalue weighted by molar-refractivity contribution is -0.137. The average Bonchev–Trinajstić information content (AvgIpc) is 3.27. The van der Waals surface area contributed by atoms with Crippen LogP contribution in [-0.4, -0.2) is 26.4 Å². The summed E-state index contributed by atoms with van der Waals surface area (Å²) in [4.78, 5) is 15.4. The van der Waals surface area contributed by atoms with Crippen molar-refractivity contribution >= 4 is 11.6 Å². The van der Waals surface area contributed by atoms with E-state index in [9.17, 15) is 13.2 Å². The molecule has 5 nitrogen and oxygen atoms in total. The summed E-state index contributed by atoms with van der Waals surface area (Å²) in [5.41, 5.74) is 2.44. The summed E-state index contributed by atoms with van der Waals surface area (Å²) in [7, 11) is 0. The second kappa shape index (κ2) is 8.61. The molecule has 0 unspecified atom stereocenters. The number of pyridine rings is 1.